The number of alkyl halides is 6. The second kappa shape index (κ2) is 8.44. The van der Waals surface area contributed by atoms with Crippen LogP contribution in [0.5, 0.6) is 0 Å². The first kappa shape index (κ1) is 26.5. The summed E-state index contributed by atoms with van der Waals surface area (Å²) >= 11 is 0. The predicted molar refractivity (Wildman–Crippen MR) is 128 cm³/mol. The van der Waals surface area contributed by atoms with Gasteiger partial charge in [-0.3, -0.25) is 4.40 Å². The van der Waals surface area contributed by atoms with E-state index in [2.05, 4.69) is 9.97 Å². The third-order valence-electron chi connectivity index (χ3n) is 6.27. The largest absolute Gasteiger partial charge is 0.434 e. The number of fused-ring (bicyclic) bond motifs is 2. The molecular formula is C24H17F6N5O3S. The standard InChI is InChI=1S/C24H17F6N5O3S/c1-22(36,24(28,29)30)13-9-16(18-11-32-21-20(31)33-19(12-34(18)21)23(25,26)27)15-7-8-35(17(15)10-13)39(37,38)14-5-3-2-4-6-14/h2-12,36H,1H3,(H2,31,33). The van der Waals surface area contributed by atoms with Crippen molar-refractivity contribution in [1.29, 1.82) is 0 Å². The Morgan fingerprint density at radius 2 is 1.67 bits per heavy atom. The summed E-state index contributed by atoms with van der Waals surface area (Å²) in [7, 11) is -4.33. The smallest absolute Gasteiger partial charge is 0.381 e. The topological polar surface area (TPSA) is 116 Å². The number of aliphatic hydroxyl groups is 1. The predicted octanol–water partition coefficient (Wildman–Crippen LogP) is 4.96. The molecule has 2 aromatic carbocycles. The Morgan fingerprint density at radius 1 is 1.00 bits per heavy atom. The van der Waals surface area contributed by atoms with Gasteiger partial charge in [0.1, 0.15) is 0 Å². The lowest BCUT2D eigenvalue weighted by atomic mass is 9.91. The second-order valence-corrected chi connectivity index (χ2v) is 10.6. The molecule has 3 aromatic heterocycles. The van der Waals surface area contributed by atoms with Gasteiger partial charge in [0.05, 0.1) is 22.3 Å². The van der Waals surface area contributed by atoms with Gasteiger partial charge >= 0.3 is 12.4 Å². The van der Waals surface area contributed by atoms with E-state index in [4.69, 9.17) is 5.73 Å². The molecule has 5 aromatic rings. The van der Waals surface area contributed by atoms with Crippen LogP contribution < -0.4 is 5.73 Å². The van der Waals surface area contributed by atoms with Gasteiger partial charge in [-0.05, 0) is 42.8 Å². The van der Waals surface area contributed by atoms with Gasteiger partial charge < -0.3 is 10.8 Å². The van der Waals surface area contributed by atoms with Gasteiger partial charge in [0, 0.05) is 23.3 Å². The molecular weight excluding hydrogens is 552 g/mol. The Hall–Kier alpha value is -4.11. The first-order valence-electron chi connectivity index (χ1n) is 11.0. The summed E-state index contributed by atoms with van der Waals surface area (Å²) in [5.74, 6) is -0.588. The van der Waals surface area contributed by atoms with Crippen LogP contribution in [0.3, 0.4) is 0 Å². The maximum absolute atomic E-state index is 13.9. The lowest BCUT2D eigenvalue weighted by molar-refractivity contribution is -0.258. The van der Waals surface area contributed by atoms with Crippen LogP contribution >= 0.6 is 0 Å². The minimum atomic E-state index is -5.19. The molecule has 0 spiro atoms. The number of aromatic nitrogens is 4. The SMILES string of the molecule is CC(O)(c1cc(-c2cnc3c(N)nc(C(F)(F)F)cn23)c2ccn(S(=O)(=O)c3ccccc3)c2c1)C(F)(F)F. The number of benzene rings is 2. The van der Waals surface area contributed by atoms with E-state index < -0.39 is 45.1 Å². The minimum absolute atomic E-state index is 0.0574. The molecule has 0 fully saturated rings. The minimum Gasteiger partial charge on any atom is -0.381 e. The van der Waals surface area contributed by atoms with E-state index in [0.29, 0.717) is 13.1 Å². The molecule has 15 heteroatoms. The lowest BCUT2D eigenvalue weighted by Crippen LogP contribution is -2.39. The summed E-state index contributed by atoms with van der Waals surface area (Å²) in [6.45, 7) is 0.481. The van der Waals surface area contributed by atoms with Crippen LogP contribution in [0.15, 0.2) is 72.0 Å². The van der Waals surface area contributed by atoms with Crippen molar-refractivity contribution in [2.45, 2.75) is 29.8 Å². The van der Waals surface area contributed by atoms with Gasteiger partial charge in [-0.1, -0.05) is 18.2 Å². The van der Waals surface area contributed by atoms with Gasteiger partial charge in [-0.2, -0.15) is 26.3 Å². The molecule has 204 valence electrons. The first-order chi connectivity index (χ1) is 18.0. The average Bonchev–Trinajstić information content (AvgIpc) is 3.48. The Morgan fingerprint density at radius 3 is 2.28 bits per heavy atom. The maximum atomic E-state index is 13.9. The summed E-state index contributed by atoms with van der Waals surface area (Å²) in [5.41, 5.74) is -0.685. The van der Waals surface area contributed by atoms with Crippen LogP contribution in [0.4, 0.5) is 32.2 Å². The Bertz CT molecular complexity index is 1840. The van der Waals surface area contributed by atoms with E-state index in [1.807, 2.05) is 0 Å². The number of nitrogens with zero attached hydrogens (tertiary/aromatic N) is 4. The lowest BCUT2D eigenvalue weighted by Gasteiger charge is -2.27. The van der Waals surface area contributed by atoms with Crippen molar-refractivity contribution < 1.29 is 39.9 Å². The molecule has 0 aliphatic heterocycles. The number of imidazole rings is 1. The van der Waals surface area contributed by atoms with Crippen molar-refractivity contribution in [2.24, 2.45) is 0 Å². The molecule has 0 radical (unpaired) electrons. The van der Waals surface area contributed by atoms with Gasteiger partial charge in [0.15, 0.2) is 22.8 Å². The van der Waals surface area contributed by atoms with Gasteiger partial charge in [-0.25, -0.2) is 22.4 Å². The molecule has 0 aliphatic rings. The Kier molecular flexibility index (Phi) is 5.74. The van der Waals surface area contributed by atoms with Crippen molar-refractivity contribution >= 4 is 32.4 Å². The van der Waals surface area contributed by atoms with Crippen molar-refractivity contribution in [2.75, 3.05) is 5.73 Å². The summed E-state index contributed by atoms with van der Waals surface area (Å²) in [5, 5.41) is 10.5. The number of nitrogens with two attached hydrogens (primary N) is 1. The van der Waals surface area contributed by atoms with Crippen LogP contribution in [0.1, 0.15) is 18.2 Å². The van der Waals surface area contributed by atoms with Crippen LogP contribution in [0, 0.1) is 0 Å². The van der Waals surface area contributed by atoms with Crippen LogP contribution in [-0.4, -0.2) is 38.0 Å². The highest BCUT2D eigenvalue weighted by Crippen LogP contribution is 2.43. The van der Waals surface area contributed by atoms with E-state index in [-0.39, 0.29) is 32.7 Å². The van der Waals surface area contributed by atoms with Gasteiger partial charge in [-0.15, -0.1) is 0 Å². The van der Waals surface area contributed by atoms with Crippen molar-refractivity contribution in [3.63, 3.8) is 0 Å². The van der Waals surface area contributed by atoms with Crippen LogP contribution in [0.2, 0.25) is 0 Å². The first-order valence-corrected chi connectivity index (χ1v) is 12.4. The van der Waals surface area contributed by atoms with Crippen molar-refractivity contribution in [3.8, 4) is 11.3 Å². The molecule has 1 atom stereocenters. The molecule has 5 rings (SSSR count). The van der Waals surface area contributed by atoms with Gasteiger partial charge in [0.25, 0.3) is 10.0 Å². The summed E-state index contributed by atoms with van der Waals surface area (Å²) in [6.07, 6.45) is -7.36. The highest BCUT2D eigenvalue weighted by atomic mass is 32.2. The van der Waals surface area contributed by atoms with Crippen LogP contribution in [-0.2, 0) is 21.8 Å². The van der Waals surface area contributed by atoms with E-state index >= 15 is 0 Å². The summed E-state index contributed by atoms with van der Waals surface area (Å²) in [6, 6.07) is 10.1. The van der Waals surface area contributed by atoms with Crippen molar-refractivity contribution in [3.05, 3.63) is 78.4 Å². The van der Waals surface area contributed by atoms with E-state index in [1.165, 1.54) is 30.3 Å². The quantitative estimate of drug-likeness (QED) is 0.296. The zero-order valence-electron chi connectivity index (χ0n) is 19.7. The number of anilines is 1. The van der Waals surface area contributed by atoms with Crippen LogP contribution in [0.25, 0.3) is 27.8 Å². The molecule has 0 aliphatic carbocycles. The second-order valence-electron chi connectivity index (χ2n) is 8.80. The molecule has 0 saturated heterocycles. The fraction of sp³-hybridized carbons (Fsp3) is 0.167. The summed E-state index contributed by atoms with van der Waals surface area (Å²) < 4.78 is 110. The molecule has 0 saturated carbocycles. The third kappa shape index (κ3) is 4.17. The molecule has 8 nitrogen and oxygen atoms in total. The fourth-order valence-corrected chi connectivity index (χ4v) is 5.50. The van der Waals surface area contributed by atoms with E-state index in [1.54, 1.807) is 6.07 Å². The van der Waals surface area contributed by atoms with E-state index in [0.717, 1.165) is 32.9 Å². The maximum Gasteiger partial charge on any atom is 0.434 e. The number of rotatable bonds is 4. The van der Waals surface area contributed by atoms with E-state index in [9.17, 15) is 39.9 Å². The monoisotopic (exact) mass is 569 g/mol. The van der Waals surface area contributed by atoms with Crippen molar-refractivity contribution in [1.82, 2.24) is 18.3 Å². The molecule has 3 N–H and O–H groups in total. The molecule has 39 heavy (non-hydrogen) atoms. The highest BCUT2D eigenvalue weighted by molar-refractivity contribution is 7.90. The molecule has 0 amide bonds. The Balaban J connectivity index is 1.87. The molecule has 0 bridgehead atoms. The number of hydrogen-bond acceptors (Lipinski definition) is 6. The third-order valence-corrected chi connectivity index (χ3v) is 7.98. The Labute approximate surface area is 216 Å². The average molecular weight is 569 g/mol. The number of nitrogen functional groups attached to an aromatic ring is 1. The van der Waals surface area contributed by atoms with Gasteiger partial charge in [0.2, 0.25) is 0 Å². The zero-order chi connectivity index (χ0) is 28.5. The number of hydrogen-bond donors (Lipinski definition) is 2. The highest BCUT2D eigenvalue weighted by Gasteiger charge is 2.51. The normalized spacial score (nSPS) is 14.7. The zero-order valence-corrected chi connectivity index (χ0v) is 20.5. The summed E-state index contributed by atoms with van der Waals surface area (Å²) in [4.78, 5) is 7.10. The fourth-order valence-electron chi connectivity index (χ4n) is 4.14. The molecule has 1 unspecified atom stereocenters. The number of halogens is 6. The molecule has 3 heterocycles.